The minimum Gasteiger partial charge on any atom is -0.378 e. The maximum atomic E-state index is 5.23. The van der Waals surface area contributed by atoms with Gasteiger partial charge in [0.1, 0.15) is 5.82 Å². The highest BCUT2D eigenvalue weighted by Gasteiger charge is 2.29. The number of fused-ring (bicyclic) bond motifs is 1. The zero-order valence-electron chi connectivity index (χ0n) is 9.15. The molecular weight excluding hydrogens is 190 g/mol. The molecule has 1 aromatic rings. The van der Waals surface area contributed by atoms with Crippen molar-refractivity contribution in [2.24, 2.45) is 0 Å². The number of rotatable bonds is 2. The summed E-state index contributed by atoms with van der Waals surface area (Å²) in [5, 5.41) is 0. The summed E-state index contributed by atoms with van der Waals surface area (Å²) in [7, 11) is 0. The van der Waals surface area contributed by atoms with Gasteiger partial charge in [0, 0.05) is 19.3 Å². The Kier molecular flexibility index (Phi) is 2.25. The Balaban J connectivity index is 1.76. The molecule has 0 N–H and O–H groups in total. The van der Waals surface area contributed by atoms with E-state index in [-0.39, 0.29) is 0 Å². The molecule has 4 heteroatoms. The van der Waals surface area contributed by atoms with Crippen LogP contribution in [0.1, 0.15) is 18.4 Å². The molecule has 1 fully saturated rings. The first-order chi connectivity index (χ1) is 7.36. The summed E-state index contributed by atoms with van der Waals surface area (Å²) in [6.07, 6.45) is 3.23. The zero-order chi connectivity index (χ0) is 10.3. The molecule has 1 saturated heterocycles. The van der Waals surface area contributed by atoms with Gasteiger partial charge < -0.3 is 9.30 Å². The number of ether oxygens (including phenoxy) is 1. The van der Waals surface area contributed by atoms with Gasteiger partial charge in [-0.15, -0.1) is 0 Å². The molecule has 1 aromatic heterocycles. The predicted octanol–water partition coefficient (Wildman–Crippen LogP) is 0.660. The van der Waals surface area contributed by atoms with Gasteiger partial charge in [-0.25, -0.2) is 4.98 Å². The van der Waals surface area contributed by atoms with Gasteiger partial charge in [-0.05, 0) is 6.42 Å². The summed E-state index contributed by atoms with van der Waals surface area (Å²) < 4.78 is 7.53. The lowest BCUT2D eigenvalue weighted by atomic mass is 10.2. The van der Waals surface area contributed by atoms with Gasteiger partial charge in [0.15, 0.2) is 0 Å². The number of hydrogen-bond donors (Lipinski definition) is 0. The van der Waals surface area contributed by atoms with Crippen LogP contribution in [0.25, 0.3) is 0 Å². The fourth-order valence-electron chi connectivity index (χ4n) is 2.25. The molecule has 15 heavy (non-hydrogen) atoms. The van der Waals surface area contributed by atoms with E-state index >= 15 is 0 Å². The third kappa shape index (κ3) is 1.58. The van der Waals surface area contributed by atoms with Gasteiger partial charge in [0.05, 0.1) is 31.5 Å². The first-order valence-corrected chi connectivity index (χ1v) is 5.73. The molecule has 3 rings (SSSR count). The average molecular weight is 207 g/mol. The highest BCUT2D eigenvalue weighted by Crippen LogP contribution is 2.18. The van der Waals surface area contributed by atoms with Crippen LogP contribution in [0, 0.1) is 0 Å². The highest BCUT2D eigenvalue weighted by atomic mass is 16.5. The summed E-state index contributed by atoms with van der Waals surface area (Å²) in [6.45, 7) is 7.18. The molecule has 0 spiro atoms. The number of nitrogens with zero attached hydrogens (tertiary/aromatic N) is 3. The molecule has 0 saturated carbocycles. The molecule has 82 valence electrons. The van der Waals surface area contributed by atoms with Gasteiger partial charge in [-0.1, -0.05) is 6.92 Å². The smallest absolute Gasteiger partial charge is 0.123 e. The molecule has 0 aromatic carbocycles. The maximum Gasteiger partial charge on any atom is 0.123 e. The standard InChI is InChI=1S/C11H17N3O/c1-2-9-5-14-4-3-13(6-11(14)12-9)10-7-15-8-10/h5,10H,2-4,6-8H2,1H3. The molecule has 2 aliphatic heterocycles. The molecule has 4 nitrogen and oxygen atoms in total. The third-order valence-electron chi connectivity index (χ3n) is 3.38. The molecule has 2 aliphatic rings. The van der Waals surface area contributed by atoms with Crippen molar-refractivity contribution in [3.63, 3.8) is 0 Å². The molecule has 0 atom stereocenters. The normalized spacial score (nSPS) is 22.5. The second-order valence-electron chi connectivity index (χ2n) is 4.36. The van der Waals surface area contributed by atoms with Crippen LogP contribution in [-0.2, 0) is 24.2 Å². The largest absolute Gasteiger partial charge is 0.378 e. The van der Waals surface area contributed by atoms with E-state index in [9.17, 15) is 0 Å². The zero-order valence-corrected chi connectivity index (χ0v) is 9.15. The van der Waals surface area contributed by atoms with Crippen LogP contribution in [0.3, 0.4) is 0 Å². The van der Waals surface area contributed by atoms with E-state index in [2.05, 4.69) is 27.6 Å². The number of aryl methyl sites for hydroxylation is 1. The van der Waals surface area contributed by atoms with E-state index < -0.39 is 0 Å². The topological polar surface area (TPSA) is 30.3 Å². The summed E-state index contributed by atoms with van der Waals surface area (Å²) in [6, 6.07) is 0.639. The first-order valence-electron chi connectivity index (χ1n) is 5.73. The minimum absolute atomic E-state index is 0.639. The molecule has 0 radical (unpaired) electrons. The van der Waals surface area contributed by atoms with Gasteiger partial charge in [0.2, 0.25) is 0 Å². The Labute approximate surface area is 89.9 Å². The van der Waals surface area contributed by atoms with Crippen molar-refractivity contribution in [3.8, 4) is 0 Å². The van der Waals surface area contributed by atoms with Crippen LogP contribution in [-0.4, -0.2) is 40.3 Å². The van der Waals surface area contributed by atoms with Crippen molar-refractivity contribution < 1.29 is 4.74 Å². The van der Waals surface area contributed by atoms with Gasteiger partial charge in [0.25, 0.3) is 0 Å². The molecular formula is C11H17N3O. The monoisotopic (exact) mass is 207 g/mol. The van der Waals surface area contributed by atoms with Crippen molar-refractivity contribution in [1.29, 1.82) is 0 Å². The average Bonchev–Trinajstić information content (AvgIpc) is 2.57. The lowest BCUT2D eigenvalue weighted by Crippen LogP contribution is -2.51. The molecule has 3 heterocycles. The number of imidazole rings is 1. The van der Waals surface area contributed by atoms with Crippen LogP contribution < -0.4 is 0 Å². The fraction of sp³-hybridized carbons (Fsp3) is 0.727. The fourth-order valence-corrected chi connectivity index (χ4v) is 2.25. The second-order valence-corrected chi connectivity index (χ2v) is 4.36. The highest BCUT2D eigenvalue weighted by molar-refractivity contribution is 5.06. The van der Waals surface area contributed by atoms with Crippen LogP contribution in [0.2, 0.25) is 0 Å². The Hall–Kier alpha value is -0.870. The van der Waals surface area contributed by atoms with E-state index in [0.29, 0.717) is 6.04 Å². The van der Waals surface area contributed by atoms with Crippen molar-refractivity contribution in [1.82, 2.24) is 14.5 Å². The van der Waals surface area contributed by atoms with Gasteiger partial charge >= 0.3 is 0 Å². The molecule has 0 unspecified atom stereocenters. The van der Waals surface area contributed by atoms with Crippen LogP contribution in [0.15, 0.2) is 6.20 Å². The lowest BCUT2D eigenvalue weighted by molar-refractivity contribution is -0.0734. The Morgan fingerprint density at radius 3 is 3.00 bits per heavy atom. The van der Waals surface area contributed by atoms with E-state index in [1.54, 1.807) is 0 Å². The van der Waals surface area contributed by atoms with E-state index in [1.165, 1.54) is 11.5 Å². The summed E-state index contributed by atoms with van der Waals surface area (Å²) in [5.74, 6) is 1.23. The van der Waals surface area contributed by atoms with Crippen molar-refractivity contribution in [3.05, 3.63) is 17.7 Å². The Morgan fingerprint density at radius 2 is 2.33 bits per heavy atom. The molecule has 0 amide bonds. The summed E-state index contributed by atoms with van der Waals surface area (Å²) in [5.41, 5.74) is 1.22. The SMILES string of the molecule is CCc1cn2c(n1)CN(C1COC1)CC2. The van der Waals surface area contributed by atoms with E-state index in [4.69, 9.17) is 4.74 Å². The quantitative estimate of drug-likeness (QED) is 0.713. The van der Waals surface area contributed by atoms with Gasteiger partial charge in [-0.3, -0.25) is 4.90 Å². The van der Waals surface area contributed by atoms with Gasteiger partial charge in [-0.2, -0.15) is 0 Å². The maximum absolute atomic E-state index is 5.23. The Bertz CT molecular complexity index is 357. The second kappa shape index (κ2) is 3.61. The summed E-state index contributed by atoms with van der Waals surface area (Å²) in [4.78, 5) is 7.13. The molecule has 0 aliphatic carbocycles. The van der Waals surface area contributed by atoms with Crippen molar-refractivity contribution >= 4 is 0 Å². The Morgan fingerprint density at radius 1 is 1.47 bits per heavy atom. The predicted molar refractivity (Wildman–Crippen MR) is 56.6 cm³/mol. The van der Waals surface area contributed by atoms with Crippen LogP contribution in [0.5, 0.6) is 0 Å². The van der Waals surface area contributed by atoms with E-state index in [0.717, 1.165) is 39.3 Å². The number of aromatic nitrogens is 2. The van der Waals surface area contributed by atoms with Crippen LogP contribution in [0.4, 0.5) is 0 Å². The third-order valence-corrected chi connectivity index (χ3v) is 3.38. The van der Waals surface area contributed by atoms with Crippen molar-refractivity contribution in [2.45, 2.75) is 32.5 Å². The van der Waals surface area contributed by atoms with Crippen molar-refractivity contribution in [2.75, 3.05) is 19.8 Å². The number of hydrogen-bond acceptors (Lipinski definition) is 3. The summed E-state index contributed by atoms with van der Waals surface area (Å²) >= 11 is 0. The first kappa shape index (κ1) is 9.36. The van der Waals surface area contributed by atoms with Crippen LogP contribution >= 0.6 is 0 Å². The minimum atomic E-state index is 0.639. The lowest BCUT2D eigenvalue weighted by Gasteiger charge is -2.39. The molecule has 0 bridgehead atoms. The van der Waals surface area contributed by atoms with E-state index in [1.807, 2.05) is 0 Å².